The molecule has 14 heavy (non-hydrogen) atoms. The van der Waals surface area contributed by atoms with E-state index in [1.165, 1.54) is 0 Å². The molecule has 0 aliphatic carbocycles. The van der Waals surface area contributed by atoms with Crippen molar-refractivity contribution in [3.63, 3.8) is 0 Å². The molecule has 0 bridgehead atoms. The van der Waals surface area contributed by atoms with E-state index >= 15 is 0 Å². The summed E-state index contributed by atoms with van der Waals surface area (Å²) in [4.78, 5) is 3.93. The van der Waals surface area contributed by atoms with Crippen molar-refractivity contribution in [2.45, 2.75) is 6.54 Å². The third kappa shape index (κ3) is 1.50. The first-order chi connectivity index (χ1) is 6.68. The Hall–Kier alpha value is -1.37. The van der Waals surface area contributed by atoms with Crippen LogP contribution in [0.3, 0.4) is 0 Å². The molecule has 0 unspecified atom stereocenters. The van der Waals surface area contributed by atoms with E-state index in [1.807, 2.05) is 17.8 Å². The number of imidazole rings is 1. The largest absolute Gasteiger partial charge is 0.369 e. The highest BCUT2D eigenvalue weighted by Gasteiger charge is 2.09. The molecule has 0 radical (unpaired) electrons. The fraction of sp³-hybridized carbons (Fsp3) is 0.286. The van der Waals surface area contributed by atoms with Crippen molar-refractivity contribution in [1.82, 2.24) is 24.5 Å². The Labute approximate surface area is 88.9 Å². The highest BCUT2D eigenvalue weighted by molar-refractivity contribution is 9.10. The summed E-state index contributed by atoms with van der Waals surface area (Å²) in [6, 6.07) is 0. The maximum absolute atomic E-state index is 5.64. The molecule has 7 heteroatoms. The molecule has 0 amide bonds. The van der Waals surface area contributed by atoms with Crippen LogP contribution in [0.15, 0.2) is 17.0 Å². The fourth-order valence-electron chi connectivity index (χ4n) is 1.15. The van der Waals surface area contributed by atoms with Gasteiger partial charge in [-0.3, -0.25) is 0 Å². The summed E-state index contributed by atoms with van der Waals surface area (Å²) in [5.41, 5.74) is 6.60. The van der Waals surface area contributed by atoms with Crippen molar-refractivity contribution in [3.8, 4) is 0 Å². The van der Waals surface area contributed by atoms with Crippen molar-refractivity contribution in [1.29, 1.82) is 0 Å². The van der Waals surface area contributed by atoms with Gasteiger partial charge in [0.2, 0.25) is 0 Å². The zero-order valence-electron chi connectivity index (χ0n) is 7.55. The van der Waals surface area contributed by atoms with E-state index in [2.05, 4.69) is 31.2 Å². The van der Waals surface area contributed by atoms with Crippen molar-refractivity contribution in [2.75, 3.05) is 5.73 Å². The second-order valence-corrected chi connectivity index (χ2v) is 3.62. The standard InChI is InChI=1S/C7H9BrN6/c1-13-5(6(8)11-12-13)4-14-3-2-10-7(14)9/h2-3H,4H2,1H3,(H2,9,10). The maximum Gasteiger partial charge on any atom is 0.200 e. The van der Waals surface area contributed by atoms with Gasteiger partial charge in [-0.15, -0.1) is 5.10 Å². The average Bonchev–Trinajstić information content (AvgIpc) is 2.67. The van der Waals surface area contributed by atoms with Crippen LogP contribution in [0.4, 0.5) is 5.95 Å². The van der Waals surface area contributed by atoms with E-state index in [0.29, 0.717) is 12.5 Å². The van der Waals surface area contributed by atoms with Gasteiger partial charge in [-0.25, -0.2) is 9.67 Å². The van der Waals surface area contributed by atoms with Crippen LogP contribution in [0, 0.1) is 0 Å². The van der Waals surface area contributed by atoms with Gasteiger partial charge in [0, 0.05) is 19.4 Å². The Morgan fingerprint density at radius 3 is 2.86 bits per heavy atom. The van der Waals surface area contributed by atoms with Crippen LogP contribution < -0.4 is 5.73 Å². The SMILES string of the molecule is Cn1nnc(Br)c1Cn1ccnc1N. The van der Waals surface area contributed by atoms with E-state index in [9.17, 15) is 0 Å². The summed E-state index contributed by atoms with van der Waals surface area (Å²) in [6.07, 6.45) is 3.47. The maximum atomic E-state index is 5.64. The normalized spacial score (nSPS) is 10.7. The van der Waals surface area contributed by atoms with Crippen LogP contribution in [-0.4, -0.2) is 24.5 Å². The minimum atomic E-state index is 0.484. The molecule has 0 aliphatic rings. The fourth-order valence-corrected chi connectivity index (χ4v) is 1.61. The van der Waals surface area contributed by atoms with Gasteiger partial charge in [0.15, 0.2) is 10.6 Å². The number of anilines is 1. The van der Waals surface area contributed by atoms with E-state index < -0.39 is 0 Å². The zero-order chi connectivity index (χ0) is 10.1. The molecular formula is C7H9BrN6. The van der Waals surface area contributed by atoms with E-state index in [-0.39, 0.29) is 0 Å². The van der Waals surface area contributed by atoms with E-state index in [4.69, 9.17) is 5.73 Å². The molecule has 0 spiro atoms. The topological polar surface area (TPSA) is 74.5 Å². The summed E-state index contributed by atoms with van der Waals surface area (Å²) in [7, 11) is 1.83. The molecular weight excluding hydrogens is 248 g/mol. The lowest BCUT2D eigenvalue weighted by atomic mass is 10.4. The summed E-state index contributed by atoms with van der Waals surface area (Å²) in [5.74, 6) is 0.484. The molecule has 0 aromatic carbocycles. The molecule has 6 nitrogen and oxygen atoms in total. The Morgan fingerprint density at radius 2 is 2.36 bits per heavy atom. The first-order valence-corrected chi connectivity index (χ1v) is 4.78. The van der Waals surface area contributed by atoms with E-state index in [1.54, 1.807) is 10.9 Å². The monoisotopic (exact) mass is 256 g/mol. The molecule has 0 atom stereocenters. The van der Waals surface area contributed by atoms with Crippen molar-refractivity contribution in [2.24, 2.45) is 7.05 Å². The van der Waals surface area contributed by atoms with Gasteiger partial charge in [0.05, 0.1) is 12.2 Å². The Kier molecular flexibility index (Phi) is 2.24. The first-order valence-electron chi connectivity index (χ1n) is 3.99. The van der Waals surface area contributed by atoms with Gasteiger partial charge in [0.1, 0.15) is 0 Å². The lowest BCUT2D eigenvalue weighted by Crippen LogP contribution is -2.08. The molecule has 2 aromatic rings. The molecule has 2 heterocycles. The lowest BCUT2D eigenvalue weighted by molar-refractivity contribution is 0.650. The minimum absolute atomic E-state index is 0.484. The van der Waals surface area contributed by atoms with Crippen LogP contribution in [0.25, 0.3) is 0 Å². The number of nitrogen functional groups attached to an aromatic ring is 1. The number of rotatable bonds is 2. The molecule has 0 saturated carbocycles. The molecule has 2 rings (SSSR count). The van der Waals surface area contributed by atoms with Crippen LogP contribution in [0.2, 0.25) is 0 Å². The summed E-state index contributed by atoms with van der Waals surface area (Å²) in [5, 5.41) is 7.75. The van der Waals surface area contributed by atoms with Gasteiger partial charge >= 0.3 is 0 Å². The molecule has 0 aliphatic heterocycles. The highest BCUT2D eigenvalue weighted by Crippen LogP contribution is 2.14. The highest BCUT2D eigenvalue weighted by atomic mass is 79.9. The third-order valence-corrected chi connectivity index (χ3v) is 2.58. The van der Waals surface area contributed by atoms with Gasteiger partial charge in [-0.2, -0.15) is 0 Å². The molecule has 74 valence electrons. The average molecular weight is 257 g/mol. The lowest BCUT2D eigenvalue weighted by Gasteiger charge is -2.04. The summed E-state index contributed by atoms with van der Waals surface area (Å²) in [6.45, 7) is 0.607. The predicted octanol–water partition coefficient (Wildman–Crippen LogP) is 0.405. The van der Waals surface area contributed by atoms with Gasteiger partial charge in [-0.05, 0) is 15.9 Å². The number of aryl methyl sites for hydroxylation is 1. The summed E-state index contributed by atoms with van der Waals surface area (Å²) < 4.78 is 4.25. The van der Waals surface area contributed by atoms with Gasteiger partial charge in [0.25, 0.3) is 0 Å². The van der Waals surface area contributed by atoms with Crippen molar-refractivity contribution < 1.29 is 0 Å². The van der Waals surface area contributed by atoms with Crippen LogP contribution in [0.1, 0.15) is 5.69 Å². The molecule has 0 saturated heterocycles. The first kappa shape index (κ1) is 9.20. The Balaban J connectivity index is 2.31. The number of halogens is 1. The van der Waals surface area contributed by atoms with Gasteiger partial charge < -0.3 is 10.3 Å². The second kappa shape index (κ2) is 3.41. The van der Waals surface area contributed by atoms with Crippen LogP contribution >= 0.6 is 15.9 Å². The Bertz CT molecular complexity index is 425. The van der Waals surface area contributed by atoms with Crippen molar-refractivity contribution >= 4 is 21.9 Å². The number of hydrogen-bond acceptors (Lipinski definition) is 4. The number of aromatic nitrogens is 5. The minimum Gasteiger partial charge on any atom is -0.369 e. The van der Waals surface area contributed by atoms with Crippen molar-refractivity contribution in [3.05, 3.63) is 22.7 Å². The van der Waals surface area contributed by atoms with Crippen LogP contribution in [-0.2, 0) is 13.6 Å². The number of nitrogens with zero attached hydrogens (tertiary/aromatic N) is 5. The Morgan fingerprint density at radius 1 is 1.57 bits per heavy atom. The third-order valence-electron chi connectivity index (χ3n) is 1.96. The van der Waals surface area contributed by atoms with Gasteiger partial charge in [-0.1, -0.05) is 5.21 Å². The number of nitrogens with two attached hydrogens (primary N) is 1. The number of hydrogen-bond donors (Lipinski definition) is 1. The molecule has 2 aromatic heterocycles. The predicted molar refractivity (Wildman–Crippen MR) is 54.4 cm³/mol. The quantitative estimate of drug-likeness (QED) is 0.845. The zero-order valence-corrected chi connectivity index (χ0v) is 9.14. The second-order valence-electron chi connectivity index (χ2n) is 2.86. The molecule has 2 N–H and O–H groups in total. The van der Waals surface area contributed by atoms with E-state index in [0.717, 1.165) is 10.3 Å². The smallest absolute Gasteiger partial charge is 0.200 e. The summed E-state index contributed by atoms with van der Waals surface area (Å²) >= 11 is 3.32. The molecule has 0 fully saturated rings. The van der Waals surface area contributed by atoms with Crippen LogP contribution in [0.5, 0.6) is 0 Å².